The van der Waals surface area contributed by atoms with E-state index in [4.69, 9.17) is 10.5 Å². The number of ether oxygens (including phenoxy) is 1. The van der Waals surface area contributed by atoms with Crippen molar-refractivity contribution >= 4 is 0 Å². The Morgan fingerprint density at radius 3 is 2.37 bits per heavy atom. The largest absolute Gasteiger partial charge is 0.494 e. The normalized spacial score (nSPS) is 12.2. The second-order valence-electron chi connectivity index (χ2n) is 4.51. The van der Waals surface area contributed by atoms with Crippen molar-refractivity contribution in [3.8, 4) is 5.75 Å². The van der Waals surface area contributed by atoms with Crippen LogP contribution in [0.25, 0.3) is 0 Å². The van der Waals surface area contributed by atoms with Gasteiger partial charge in [0.15, 0.2) is 0 Å². The molecule has 0 saturated heterocycles. The number of nitrogens with two attached hydrogens (primary N) is 1. The molecule has 0 aliphatic heterocycles. The van der Waals surface area contributed by atoms with E-state index in [1.807, 2.05) is 31.2 Å². The molecule has 100 valence electrons. The molecule has 1 unspecified atom stereocenters. The average molecular weight is 257 g/mol. The van der Waals surface area contributed by atoms with Crippen molar-refractivity contribution in [2.75, 3.05) is 6.61 Å². The fourth-order valence-corrected chi connectivity index (χ4v) is 1.70. The third kappa shape index (κ3) is 3.51. The summed E-state index contributed by atoms with van der Waals surface area (Å²) in [4.78, 5) is 8.52. The molecule has 1 heterocycles. The second-order valence-corrected chi connectivity index (χ2v) is 4.51. The lowest BCUT2D eigenvalue weighted by Crippen LogP contribution is -2.15. The molecule has 0 bridgehead atoms. The molecule has 0 saturated carbocycles. The fourth-order valence-electron chi connectivity index (χ4n) is 1.70. The van der Waals surface area contributed by atoms with Crippen molar-refractivity contribution in [3.63, 3.8) is 0 Å². The molecule has 2 aromatic rings. The minimum absolute atomic E-state index is 0.305. The van der Waals surface area contributed by atoms with Crippen LogP contribution in [0, 0.1) is 6.92 Å². The van der Waals surface area contributed by atoms with Crippen molar-refractivity contribution in [3.05, 3.63) is 53.6 Å². The summed E-state index contributed by atoms with van der Waals surface area (Å²) in [5.41, 5.74) is 8.16. The van der Waals surface area contributed by atoms with Gasteiger partial charge in [-0.1, -0.05) is 19.1 Å². The van der Waals surface area contributed by atoms with Crippen molar-refractivity contribution in [2.24, 2.45) is 5.73 Å². The van der Waals surface area contributed by atoms with E-state index in [2.05, 4.69) is 16.9 Å². The molecule has 0 aliphatic rings. The van der Waals surface area contributed by atoms with Crippen molar-refractivity contribution < 1.29 is 4.74 Å². The van der Waals surface area contributed by atoms with Crippen LogP contribution in [-0.2, 0) is 0 Å². The number of nitrogens with zero attached hydrogens (tertiary/aromatic N) is 2. The Morgan fingerprint density at radius 2 is 1.79 bits per heavy atom. The van der Waals surface area contributed by atoms with Gasteiger partial charge in [-0.3, -0.25) is 0 Å². The summed E-state index contributed by atoms with van der Waals surface area (Å²) < 4.78 is 5.54. The van der Waals surface area contributed by atoms with Gasteiger partial charge in [0, 0.05) is 12.4 Å². The Balaban J connectivity index is 2.10. The van der Waals surface area contributed by atoms with Gasteiger partial charge >= 0.3 is 0 Å². The number of rotatable bonds is 5. The Labute approximate surface area is 113 Å². The van der Waals surface area contributed by atoms with E-state index in [0.717, 1.165) is 29.9 Å². The Bertz CT molecular complexity index is 508. The minimum atomic E-state index is -0.305. The Hall–Kier alpha value is -1.94. The van der Waals surface area contributed by atoms with Crippen LogP contribution in [0.15, 0.2) is 36.7 Å². The van der Waals surface area contributed by atoms with Gasteiger partial charge in [0.25, 0.3) is 0 Å². The van der Waals surface area contributed by atoms with E-state index >= 15 is 0 Å². The summed E-state index contributed by atoms with van der Waals surface area (Å²) in [6, 6.07) is 7.47. The van der Waals surface area contributed by atoms with Crippen LogP contribution < -0.4 is 10.5 Å². The van der Waals surface area contributed by atoms with Crippen LogP contribution in [0.4, 0.5) is 0 Å². The topological polar surface area (TPSA) is 61.0 Å². The van der Waals surface area contributed by atoms with E-state index in [1.54, 1.807) is 12.4 Å². The molecule has 19 heavy (non-hydrogen) atoms. The zero-order valence-electron chi connectivity index (χ0n) is 11.3. The molecule has 0 amide bonds. The van der Waals surface area contributed by atoms with Gasteiger partial charge < -0.3 is 10.5 Å². The first-order valence-corrected chi connectivity index (χ1v) is 6.47. The molecule has 2 N–H and O–H groups in total. The van der Waals surface area contributed by atoms with Gasteiger partial charge in [-0.2, -0.15) is 0 Å². The Kier molecular flexibility index (Phi) is 4.47. The highest BCUT2D eigenvalue weighted by molar-refractivity contribution is 5.31. The predicted octanol–water partition coefficient (Wildman–Crippen LogP) is 2.62. The SMILES string of the molecule is CCCOc1ccc(C(N)c2ncc(C)cn2)cc1. The highest BCUT2D eigenvalue weighted by Crippen LogP contribution is 2.19. The van der Waals surface area contributed by atoms with E-state index in [9.17, 15) is 0 Å². The van der Waals surface area contributed by atoms with Crippen LogP contribution >= 0.6 is 0 Å². The number of hydrogen-bond acceptors (Lipinski definition) is 4. The van der Waals surface area contributed by atoms with Crippen LogP contribution in [0.2, 0.25) is 0 Å². The summed E-state index contributed by atoms with van der Waals surface area (Å²) in [6.45, 7) is 4.76. The van der Waals surface area contributed by atoms with E-state index < -0.39 is 0 Å². The standard InChI is InChI=1S/C15H19N3O/c1-3-8-19-13-6-4-12(5-7-13)14(16)15-17-9-11(2)10-18-15/h4-7,9-10,14H,3,8,16H2,1-2H3. The summed E-state index contributed by atoms with van der Waals surface area (Å²) in [5.74, 6) is 1.50. The number of benzene rings is 1. The molecule has 1 atom stereocenters. The number of aryl methyl sites for hydroxylation is 1. The molecule has 2 rings (SSSR count). The lowest BCUT2D eigenvalue weighted by Gasteiger charge is -2.11. The van der Waals surface area contributed by atoms with Gasteiger partial charge in [0.05, 0.1) is 12.6 Å². The van der Waals surface area contributed by atoms with Crippen molar-refractivity contribution in [1.29, 1.82) is 0 Å². The highest BCUT2D eigenvalue weighted by Gasteiger charge is 2.11. The lowest BCUT2D eigenvalue weighted by molar-refractivity contribution is 0.317. The molecule has 4 heteroatoms. The molecule has 4 nitrogen and oxygen atoms in total. The molecular weight excluding hydrogens is 238 g/mol. The summed E-state index contributed by atoms with van der Waals surface area (Å²) in [7, 11) is 0. The van der Waals surface area contributed by atoms with Crippen LogP contribution in [0.1, 0.15) is 36.3 Å². The molecular formula is C15H19N3O. The quantitative estimate of drug-likeness (QED) is 0.894. The fraction of sp³-hybridized carbons (Fsp3) is 0.333. The van der Waals surface area contributed by atoms with Crippen LogP contribution in [0.3, 0.4) is 0 Å². The van der Waals surface area contributed by atoms with Crippen LogP contribution in [0.5, 0.6) is 5.75 Å². The average Bonchev–Trinajstić information content (AvgIpc) is 2.46. The van der Waals surface area contributed by atoms with Gasteiger partial charge in [-0.05, 0) is 36.6 Å². The second kappa shape index (κ2) is 6.29. The van der Waals surface area contributed by atoms with Gasteiger partial charge in [0.2, 0.25) is 0 Å². The van der Waals surface area contributed by atoms with Crippen molar-refractivity contribution in [2.45, 2.75) is 26.3 Å². The van der Waals surface area contributed by atoms with Crippen molar-refractivity contribution in [1.82, 2.24) is 9.97 Å². The van der Waals surface area contributed by atoms with Gasteiger partial charge in [0.1, 0.15) is 11.6 Å². The maximum absolute atomic E-state index is 6.15. The first-order valence-electron chi connectivity index (χ1n) is 6.47. The molecule has 1 aromatic heterocycles. The van der Waals surface area contributed by atoms with E-state index in [-0.39, 0.29) is 6.04 Å². The third-order valence-electron chi connectivity index (χ3n) is 2.79. The minimum Gasteiger partial charge on any atom is -0.494 e. The number of aromatic nitrogens is 2. The van der Waals surface area contributed by atoms with Crippen LogP contribution in [-0.4, -0.2) is 16.6 Å². The maximum Gasteiger partial charge on any atom is 0.149 e. The van der Waals surface area contributed by atoms with Gasteiger partial charge in [-0.25, -0.2) is 9.97 Å². The molecule has 0 radical (unpaired) electrons. The molecule has 1 aromatic carbocycles. The zero-order valence-corrected chi connectivity index (χ0v) is 11.3. The monoisotopic (exact) mass is 257 g/mol. The first kappa shape index (κ1) is 13.5. The smallest absolute Gasteiger partial charge is 0.149 e. The Morgan fingerprint density at radius 1 is 1.16 bits per heavy atom. The predicted molar refractivity (Wildman–Crippen MR) is 75.0 cm³/mol. The maximum atomic E-state index is 6.15. The zero-order chi connectivity index (χ0) is 13.7. The summed E-state index contributed by atoms with van der Waals surface area (Å²) in [6.07, 6.45) is 4.56. The summed E-state index contributed by atoms with van der Waals surface area (Å²) in [5, 5.41) is 0. The third-order valence-corrected chi connectivity index (χ3v) is 2.79. The summed E-state index contributed by atoms with van der Waals surface area (Å²) >= 11 is 0. The van der Waals surface area contributed by atoms with E-state index in [0.29, 0.717) is 5.82 Å². The molecule has 0 fully saturated rings. The van der Waals surface area contributed by atoms with Gasteiger partial charge in [-0.15, -0.1) is 0 Å². The number of hydrogen-bond donors (Lipinski definition) is 1. The van der Waals surface area contributed by atoms with E-state index in [1.165, 1.54) is 0 Å². The highest BCUT2D eigenvalue weighted by atomic mass is 16.5. The molecule has 0 aliphatic carbocycles. The lowest BCUT2D eigenvalue weighted by atomic mass is 10.1. The molecule has 0 spiro atoms. The first-order chi connectivity index (χ1) is 9.20.